The zero-order chi connectivity index (χ0) is 15.3. The molecular weight excluding hydrogens is 286 g/mol. The fourth-order valence-corrected chi connectivity index (χ4v) is 3.25. The lowest BCUT2D eigenvalue weighted by Gasteiger charge is -2.19. The van der Waals surface area contributed by atoms with E-state index in [1.54, 1.807) is 30.3 Å². The van der Waals surface area contributed by atoms with Gasteiger partial charge in [0.2, 0.25) is 10.0 Å². The molecule has 0 amide bonds. The maximum absolute atomic E-state index is 12.3. The third-order valence-corrected chi connectivity index (χ3v) is 5.22. The van der Waals surface area contributed by atoms with Crippen molar-refractivity contribution in [3.63, 3.8) is 0 Å². The maximum atomic E-state index is 12.3. The SMILES string of the molecule is CN(CCC(O)c1ccccc1)S(=O)(=O)c1ccccc1. The van der Waals surface area contributed by atoms with Crippen molar-refractivity contribution >= 4 is 10.0 Å². The van der Waals surface area contributed by atoms with Crippen LogP contribution < -0.4 is 0 Å². The Kier molecular flexibility index (Phi) is 5.12. The van der Waals surface area contributed by atoms with Gasteiger partial charge in [-0.2, -0.15) is 0 Å². The first kappa shape index (κ1) is 15.7. The van der Waals surface area contributed by atoms with Gasteiger partial charge in [-0.25, -0.2) is 12.7 Å². The van der Waals surface area contributed by atoms with Crippen molar-refractivity contribution in [2.24, 2.45) is 0 Å². The zero-order valence-corrected chi connectivity index (χ0v) is 12.7. The Morgan fingerprint density at radius 1 is 1.00 bits per heavy atom. The Labute approximate surface area is 125 Å². The van der Waals surface area contributed by atoms with Gasteiger partial charge in [-0.15, -0.1) is 0 Å². The lowest BCUT2D eigenvalue weighted by Crippen LogP contribution is -2.28. The van der Waals surface area contributed by atoms with Gasteiger partial charge in [0.1, 0.15) is 0 Å². The first-order valence-corrected chi connectivity index (χ1v) is 8.20. The van der Waals surface area contributed by atoms with Crippen molar-refractivity contribution < 1.29 is 13.5 Å². The van der Waals surface area contributed by atoms with E-state index < -0.39 is 16.1 Å². The average Bonchev–Trinajstić information content (AvgIpc) is 2.53. The number of rotatable bonds is 6. The van der Waals surface area contributed by atoms with Crippen LogP contribution in [0.15, 0.2) is 65.6 Å². The van der Waals surface area contributed by atoms with Gasteiger partial charge in [-0.3, -0.25) is 0 Å². The molecule has 1 unspecified atom stereocenters. The number of sulfonamides is 1. The Hall–Kier alpha value is -1.69. The van der Waals surface area contributed by atoms with Crippen LogP contribution in [0.25, 0.3) is 0 Å². The second kappa shape index (κ2) is 6.85. The van der Waals surface area contributed by atoms with Gasteiger partial charge in [-0.05, 0) is 24.1 Å². The summed E-state index contributed by atoms with van der Waals surface area (Å²) in [5.74, 6) is 0. The first-order valence-electron chi connectivity index (χ1n) is 6.76. The Bertz CT molecular complexity index is 656. The zero-order valence-electron chi connectivity index (χ0n) is 11.9. The molecule has 0 heterocycles. The molecule has 1 N–H and O–H groups in total. The van der Waals surface area contributed by atoms with E-state index in [4.69, 9.17) is 0 Å². The highest BCUT2D eigenvalue weighted by molar-refractivity contribution is 7.89. The van der Waals surface area contributed by atoms with Gasteiger partial charge < -0.3 is 5.11 Å². The molecule has 2 rings (SSSR count). The Balaban J connectivity index is 2.00. The van der Waals surface area contributed by atoms with Crippen LogP contribution in [0.2, 0.25) is 0 Å². The van der Waals surface area contributed by atoms with E-state index in [1.165, 1.54) is 11.4 Å². The minimum Gasteiger partial charge on any atom is -0.388 e. The lowest BCUT2D eigenvalue weighted by atomic mass is 10.1. The summed E-state index contributed by atoms with van der Waals surface area (Å²) in [5.41, 5.74) is 0.794. The smallest absolute Gasteiger partial charge is 0.242 e. The average molecular weight is 305 g/mol. The third-order valence-electron chi connectivity index (χ3n) is 3.35. The molecule has 2 aromatic carbocycles. The summed E-state index contributed by atoms with van der Waals surface area (Å²) in [6.45, 7) is 0.257. The summed E-state index contributed by atoms with van der Waals surface area (Å²) in [7, 11) is -1.97. The van der Waals surface area contributed by atoms with Crippen molar-refractivity contribution in [2.45, 2.75) is 17.4 Å². The largest absolute Gasteiger partial charge is 0.388 e. The number of nitrogens with zero attached hydrogens (tertiary/aromatic N) is 1. The summed E-state index contributed by atoms with van der Waals surface area (Å²) < 4.78 is 25.9. The van der Waals surface area contributed by atoms with Gasteiger partial charge in [0, 0.05) is 13.6 Å². The second-order valence-electron chi connectivity index (χ2n) is 4.85. The van der Waals surface area contributed by atoms with Gasteiger partial charge in [0.25, 0.3) is 0 Å². The number of hydrogen-bond donors (Lipinski definition) is 1. The molecule has 21 heavy (non-hydrogen) atoms. The molecule has 0 bridgehead atoms. The highest BCUT2D eigenvalue weighted by Gasteiger charge is 2.21. The minimum atomic E-state index is -3.49. The van der Waals surface area contributed by atoms with Crippen LogP contribution in [-0.4, -0.2) is 31.4 Å². The predicted molar refractivity (Wildman–Crippen MR) is 82.3 cm³/mol. The molecule has 2 aromatic rings. The lowest BCUT2D eigenvalue weighted by molar-refractivity contribution is 0.160. The second-order valence-corrected chi connectivity index (χ2v) is 6.90. The van der Waals surface area contributed by atoms with Crippen molar-refractivity contribution in [1.29, 1.82) is 0 Å². The van der Waals surface area contributed by atoms with E-state index >= 15 is 0 Å². The normalized spacial score (nSPS) is 13.3. The molecule has 0 saturated heterocycles. The van der Waals surface area contributed by atoms with E-state index in [0.29, 0.717) is 6.42 Å². The topological polar surface area (TPSA) is 57.6 Å². The van der Waals surface area contributed by atoms with Crippen molar-refractivity contribution in [3.05, 3.63) is 66.2 Å². The third kappa shape index (κ3) is 3.91. The molecule has 0 saturated carbocycles. The predicted octanol–water partition coefficient (Wildman–Crippen LogP) is 2.43. The van der Waals surface area contributed by atoms with Crippen LogP contribution in [0.1, 0.15) is 18.1 Å². The molecule has 0 radical (unpaired) electrons. The van der Waals surface area contributed by atoms with E-state index in [9.17, 15) is 13.5 Å². The number of benzene rings is 2. The van der Waals surface area contributed by atoms with Crippen LogP contribution in [0.3, 0.4) is 0 Å². The van der Waals surface area contributed by atoms with Crippen LogP contribution in [0, 0.1) is 0 Å². The summed E-state index contributed by atoms with van der Waals surface area (Å²) >= 11 is 0. The van der Waals surface area contributed by atoms with Crippen molar-refractivity contribution in [3.8, 4) is 0 Å². The summed E-state index contributed by atoms with van der Waals surface area (Å²) in [6.07, 6.45) is -0.313. The van der Waals surface area contributed by atoms with Crippen LogP contribution in [-0.2, 0) is 10.0 Å². The Morgan fingerprint density at radius 2 is 1.52 bits per heavy atom. The van der Waals surface area contributed by atoms with Gasteiger partial charge in [0.15, 0.2) is 0 Å². The van der Waals surface area contributed by atoms with E-state index in [2.05, 4.69) is 0 Å². The van der Waals surface area contributed by atoms with E-state index in [-0.39, 0.29) is 11.4 Å². The molecule has 0 fully saturated rings. The monoisotopic (exact) mass is 305 g/mol. The van der Waals surface area contributed by atoms with E-state index in [1.807, 2.05) is 30.3 Å². The van der Waals surface area contributed by atoms with Crippen molar-refractivity contribution in [2.75, 3.05) is 13.6 Å². The molecule has 0 aromatic heterocycles. The van der Waals surface area contributed by atoms with Gasteiger partial charge in [0.05, 0.1) is 11.0 Å². The maximum Gasteiger partial charge on any atom is 0.242 e. The molecule has 112 valence electrons. The molecule has 4 nitrogen and oxygen atoms in total. The molecule has 0 aliphatic heterocycles. The summed E-state index contributed by atoms with van der Waals surface area (Å²) in [5, 5.41) is 10.1. The van der Waals surface area contributed by atoms with Crippen LogP contribution in [0.4, 0.5) is 0 Å². The molecular formula is C16H19NO3S. The molecule has 0 spiro atoms. The van der Waals surface area contributed by atoms with E-state index in [0.717, 1.165) is 5.56 Å². The molecule has 1 atom stereocenters. The van der Waals surface area contributed by atoms with Gasteiger partial charge in [-0.1, -0.05) is 48.5 Å². The summed E-state index contributed by atoms with van der Waals surface area (Å²) in [6, 6.07) is 17.5. The van der Waals surface area contributed by atoms with Gasteiger partial charge >= 0.3 is 0 Å². The standard InChI is InChI=1S/C16H19NO3S/c1-17(21(19,20)15-10-6-3-7-11-15)13-12-16(18)14-8-4-2-5-9-14/h2-11,16,18H,12-13H2,1H3. The molecule has 0 aliphatic rings. The number of aliphatic hydroxyl groups is 1. The number of aliphatic hydroxyl groups excluding tert-OH is 1. The minimum absolute atomic E-state index is 0.257. The highest BCUT2D eigenvalue weighted by Crippen LogP contribution is 2.19. The Morgan fingerprint density at radius 3 is 2.10 bits per heavy atom. The van der Waals surface area contributed by atoms with Crippen LogP contribution >= 0.6 is 0 Å². The first-order chi connectivity index (χ1) is 10.0. The quantitative estimate of drug-likeness (QED) is 0.892. The van der Waals surface area contributed by atoms with Crippen molar-refractivity contribution in [1.82, 2.24) is 4.31 Å². The molecule has 5 heteroatoms. The fourth-order valence-electron chi connectivity index (χ4n) is 2.04. The highest BCUT2D eigenvalue weighted by atomic mass is 32.2. The molecule has 0 aliphatic carbocycles. The fraction of sp³-hybridized carbons (Fsp3) is 0.250. The summed E-state index contributed by atoms with van der Waals surface area (Å²) in [4.78, 5) is 0.265. The van der Waals surface area contributed by atoms with Crippen LogP contribution in [0.5, 0.6) is 0 Å². The number of hydrogen-bond acceptors (Lipinski definition) is 3.